The summed E-state index contributed by atoms with van der Waals surface area (Å²) in [6.45, 7) is 0. The maximum atomic E-state index is 13.7. The molecule has 1 aliphatic rings. The van der Waals surface area contributed by atoms with Gasteiger partial charge in [0.2, 0.25) is 5.91 Å². The van der Waals surface area contributed by atoms with Gasteiger partial charge in [-0.3, -0.25) is 14.9 Å². The van der Waals surface area contributed by atoms with E-state index in [1.165, 1.54) is 6.07 Å². The smallest absolute Gasteiger partial charge is 0.227 e. The predicted molar refractivity (Wildman–Crippen MR) is 141 cm³/mol. The highest BCUT2D eigenvalue weighted by Gasteiger charge is 2.25. The lowest BCUT2D eigenvalue weighted by molar-refractivity contribution is -0.122. The molecule has 1 amide bonds. The molecular weight excluding hydrogens is 489 g/mol. The maximum Gasteiger partial charge on any atom is 0.227 e. The number of hydrogen-bond acceptors (Lipinski definition) is 6. The first-order valence-electron chi connectivity index (χ1n) is 12.0. The number of nitrogens with one attached hydrogen (secondary N) is 3. The third-order valence-corrected chi connectivity index (χ3v) is 7.72. The molecule has 1 saturated carbocycles. The molecule has 7 rings (SSSR count). The van der Waals surface area contributed by atoms with Crippen molar-refractivity contribution >= 4 is 45.0 Å². The minimum Gasteiger partial charge on any atom is -0.338 e. The second-order valence-electron chi connectivity index (χ2n) is 9.15. The summed E-state index contributed by atoms with van der Waals surface area (Å²) in [5, 5.41) is 11.2. The summed E-state index contributed by atoms with van der Waals surface area (Å²) >= 11 is 1.10. The second kappa shape index (κ2) is 8.59. The molecule has 10 heteroatoms. The fourth-order valence-electron chi connectivity index (χ4n) is 4.64. The molecule has 182 valence electrons. The average molecular weight is 510 g/mol. The van der Waals surface area contributed by atoms with Gasteiger partial charge in [0.05, 0.1) is 28.8 Å². The van der Waals surface area contributed by atoms with E-state index >= 15 is 0 Å². The van der Waals surface area contributed by atoms with E-state index in [0.717, 1.165) is 63.2 Å². The van der Waals surface area contributed by atoms with Crippen LogP contribution in [0.2, 0.25) is 0 Å². The molecule has 0 radical (unpaired) electrons. The Labute approximate surface area is 214 Å². The van der Waals surface area contributed by atoms with Crippen LogP contribution < -0.4 is 5.32 Å². The van der Waals surface area contributed by atoms with Crippen LogP contribution in [-0.2, 0) is 4.79 Å². The molecule has 37 heavy (non-hydrogen) atoms. The van der Waals surface area contributed by atoms with Crippen molar-refractivity contribution in [3.8, 4) is 33.1 Å². The van der Waals surface area contributed by atoms with E-state index in [1.54, 1.807) is 24.7 Å². The Bertz CT molecular complexity index is 1800. The largest absolute Gasteiger partial charge is 0.338 e. The lowest BCUT2D eigenvalue weighted by atomic mass is 9.85. The molecular formula is C27H20FN7OS. The Morgan fingerprint density at radius 3 is 2.84 bits per heavy atom. The summed E-state index contributed by atoms with van der Waals surface area (Å²) in [4.78, 5) is 30.2. The predicted octanol–water partition coefficient (Wildman–Crippen LogP) is 6.17. The number of nitrogens with zero attached hydrogens (tertiary/aromatic N) is 4. The van der Waals surface area contributed by atoms with Crippen LogP contribution in [0, 0.1) is 11.0 Å². The van der Waals surface area contributed by atoms with Crippen molar-refractivity contribution in [2.45, 2.75) is 19.3 Å². The first kappa shape index (κ1) is 21.8. The van der Waals surface area contributed by atoms with Crippen LogP contribution >= 0.6 is 11.3 Å². The first-order chi connectivity index (χ1) is 18.1. The molecule has 6 aromatic rings. The lowest BCUT2D eigenvalue weighted by Crippen LogP contribution is -2.28. The zero-order valence-corrected chi connectivity index (χ0v) is 20.3. The van der Waals surface area contributed by atoms with Gasteiger partial charge in [-0.15, -0.1) is 11.3 Å². The van der Waals surface area contributed by atoms with E-state index in [2.05, 4.69) is 30.5 Å². The molecule has 6 heterocycles. The van der Waals surface area contributed by atoms with Gasteiger partial charge in [-0.1, -0.05) is 6.42 Å². The summed E-state index contributed by atoms with van der Waals surface area (Å²) in [6, 6.07) is 12.8. The van der Waals surface area contributed by atoms with Gasteiger partial charge in [0, 0.05) is 39.7 Å². The molecule has 0 unspecified atom stereocenters. The highest BCUT2D eigenvalue weighted by Crippen LogP contribution is 2.36. The van der Waals surface area contributed by atoms with Crippen molar-refractivity contribution in [1.29, 1.82) is 0 Å². The molecule has 0 saturated heterocycles. The van der Waals surface area contributed by atoms with Gasteiger partial charge >= 0.3 is 0 Å². The number of hydrogen-bond donors (Lipinski definition) is 3. The number of carbonyl (C=O) groups is 1. The summed E-state index contributed by atoms with van der Waals surface area (Å²) in [5.74, 6) is 0.139. The van der Waals surface area contributed by atoms with Gasteiger partial charge in [-0.25, -0.2) is 9.97 Å². The molecule has 1 aliphatic carbocycles. The number of halogens is 1. The number of carbonyl (C=O) groups excluding carboxylic acids is 1. The molecule has 0 atom stereocenters. The Morgan fingerprint density at radius 2 is 2.03 bits per heavy atom. The minimum absolute atomic E-state index is 0.0443. The van der Waals surface area contributed by atoms with Crippen molar-refractivity contribution in [2.75, 3.05) is 5.32 Å². The molecule has 1 fully saturated rings. The Kier molecular flexibility index (Phi) is 5.07. The van der Waals surface area contributed by atoms with Crippen LogP contribution in [0.15, 0.2) is 61.1 Å². The van der Waals surface area contributed by atoms with Gasteiger partial charge in [0.25, 0.3) is 0 Å². The summed E-state index contributed by atoms with van der Waals surface area (Å²) in [7, 11) is 0. The standard InChI is InChI=1S/C27H20FN7OS/c28-23-7-6-22(37-23)17-8-9-30-26-18(17)11-21(33-26)25-24-20(34-35-25)5-4-19(32-24)15-10-16(13-29-12-15)31-27(36)14-2-1-3-14/h4-14H,1-3H2,(H,30,33)(H,31,36)(H,34,35). The topological polar surface area (TPSA) is 112 Å². The Morgan fingerprint density at radius 1 is 1.11 bits per heavy atom. The normalized spacial score (nSPS) is 13.8. The number of thiophene rings is 1. The fourth-order valence-corrected chi connectivity index (χ4v) is 5.41. The van der Waals surface area contributed by atoms with Gasteiger partial charge in [0.15, 0.2) is 5.13 Å². The van der Waals surface area contributed by atoms with Crippen LogP contribution in [0.1, 0.15) is 19.3 Å². The van der Waals surface area contributed by atoms with Gasteiger partial charge in [0.1, 0.15) is 16.9 Å². The lowest BCUT2D eigenvalue weighted by Gasteiger charge is -2.24. The number of rotatable bonds is 5. The van der Waals surface area contributed by atoms with E-state index in [0.29, 0.717) is 28.2 Å². The van der Waals surface area contributed by atoms with Gasteiger partial charge in [-0.05, 0) is 55.3 Å². The minimum atomic E-state index is -0.230. The molecule has 3 N–H and O–H groups in total. The summed E-state index contributed by atoms with van der Waals surface area (Å²) < 4.78 is 13.7. The molecule has 0 bridgehead atoms. The van der Waals surface area contributed by atoms with Crippen molar-refractivity contribution in [2.24, 2.45) is 5.92 Å². The number of aromatic amines is 2. The molecule has 0 aliphatic heterocycles. The van der Waals surface area contributed by atoms with Crippen LogP contribution in [0.3, 0.4) is 0 Å². The maximum absolute atomic E-state index is 13.7. The SMILES string of the molecule is O=C(Nc1cncc(-c2ccc3[nH]nc(-c4cc5c(-c6ccc(F)s6)ccnc5[nH]4)c3n2)c1)C1CCC1. The monoisotopic (exact) mass is 509 g/mol. The van der Waals surface area contributed by atoms with E-state index in [9.17, 15) is 9.18 Å². The van der Waals surface area contributed by atoms with Crippen molar-refractivity contribution in [3.05, 3.63) is 66.2 Å². The van der Waals surface area contributed by atoms with E-state index in [4.69, 9.17) is 4.98 Å². The van der Waals surface area contributed by atoms with Gasteiger partial charge in [-0.2, -0.15) is 9.49 Å². The number of H-pyrrole nitrogens is 2. The van der Waals surface area contributed by atoms with E-state index < -0.39 is 0 Å². The van der Waals surface area contributed by atoms with Crippen LogP contribution in [-0.4, -0.2) is 36.0 Å². The highest BCUT2D eigenvalue weighted by atomic mass is 32.1. The van der Waals surface area contributed by atoms with Crippen LogP contribution in [0.5, 0.6) is 0 Å². The third-order valence-electron chi connectivity index (χ3n) is 6.81. The molecule has 0 spiro atoms. The number of aromatic nitrogens is 6. The zero-order valence-electron chi connectivity index (χ0n) is 19.5. The first-order valence-corrected chi connectivity index (χ1v) is 12.8. The van der Waals surface area contributed by atoms with E-state index in [-0.39, 0.29) is 17.0 Å². The Hall–Kier alpha value is -4.44. The van der Waals surface area contributed by atoms with Crippen molar-refractivity contribution in [3.63, 3.8) is 0 Å². The summed E-state index contributed by atoms with van der Waals surface area (Å²) in [6.07, 6.45) is 8.07. The third kappa shape index (κ3) is 3.86. The molecule has 6 aromatic heterocycles. The van der Waals surface area contributed by atoms with Crippen LogP contribution in [0.4, 0.5) is 10.1 Å². The number of anilines is 1. The highest BCUT2D eigenvalue weighted by molar-refractivity contribution is 7.14. The van der Waals surface area contributed by atoms with Gasteiger partial charge < -0.3 is 10.3 Å². The van der Waals surface area contributed by atoms with Crippen molar-refractivity contribution < 1.29 is 9.18 Å². The van der Waals surface area contributed by atoms with Crippen LogP contribution in [0.25, 0.3) is 55.2 Å². The van der Waals surface area contributed by atoms with Crippen molar-refractivity contribution in [1.82, 2.24) is 30.1 Å². The fraction of sp³-hybridized carbons (Fsp3) is 0.148. The van der Waals surface area contributed by atoms with E-state index in [1.807, 2.05) is 30.3 Å². The number of pyridine rings is 3. The summed E-state index contributed by atoms with van der Waals surface area (Å²) in [5.41, 5.74) is 6.64. The number of amides is 1. The quantitative estimate of drug-likeness (QED) is 0.257. The zero-order chi connectivity index (χ0) is 24.9. The Balaban J connectivity index is 1.26. The second-order valence-corrected chi connectivity index (χ2v) is 10.2. The number of fused-ring (bicyclic) bond motifs is 2. The molecule has 0 aromatic carbocycles. The average Bonchev–Trinajstić information content (AvgIpc) is 3.60. The molecule has 8 nitrogen and oxygen atoms in total.